The molecular formula is C13H19N. The fourth-order valence-corrected chi connectivity index (χ4v) is 2.32. The summed E-state index contributed by atoms with van der Waals surface area (Å²) in [7, 11) is 0. The van der Waals surface area contributed by atoms with Gasteiger partial charge in [0.05, 0.1) is 0 Å². The summed E-state index contributed by atoms with van der Waals surface area (Å²) in [6.45, 7) is 8.14. The smallest absolute Gasteiger partial charge is 0.00506 e. The Morgan fingerprint density at radius 2 is 2.29 bits per heavy atom. The van der Waals surface area contributed by atoms with E-state index in [1.807, 2.05) is 0 Å². The Balaban J connectivity index is 2.09. The molecule has 0 bridgehead atoms. The van der Waals surface area contributed by atoms with E-state index in [4.69, 9.17) is 0 Å². The van der Waals surface area contributed by atoms with Gasteiger partial charge in [-0.1, -0.05) is 36.8 Å². The summed E-state index contributed by atoms with van der Waals surface area (Å²) < 4.78 is 0. The molecule has 1 heterocycles. The molecule has 1 saturated heterocycles. The number of likely N-dealkylation sites (N-methyl/N-ethyl adjacent to an activating group) is 1. The van der Waals surface area contributed by atoms with Crippen LogP contribution in [0.15, 0.2) is 24.3 Å². The summed E-state index contributed by atoms with van der Waals surface area (Å²) in [4.78, 5) is 2.53. The highest BCUT2D eigenvalue weighted by molar-refractivity contribution is 5.26. The zero-order chi connectivity index (χ0) is 9.97. The minimum atomic E-state index is 0.773. The summed E-state index contributed by atoms with van der Waals surface area (Å²) in [5.41, 5.74) is 2.92. The Morgan fingerprint density at radius 3 is 2.93 bits per heavy atom. The maximum atomic E-state index is 2.53. The minimum absolute atomic E-state index is 0.773. The van der Waals surface area contributed by atoms with Crippen molar-refractivity contribution in [2.75, 3.05) is 19.6 Å². The quantitative estimate of drug-likeness (QED) is 0.691. The molecule has 1 nitrogen and oxygen atoms in total. The number of benzene rings is 1. The highest BCUT2D eigenvalue weighted by Gasteiger charge is 2.22. The van der Waals surface area contributed by atoms with Gasteiger partial charge in [-0.15, -0.1) is 0 Å². The Kier molecular flexibility index (Phi) is 2.87. The van der Waals surface area contributed by atoms with Gasteiger partial charge in [0.1, 0.15) is 0 Å². The second-order valence-corrected chi connectivity index (χ2v) is 4.29. The number of aryl methyl sites for hydroxylation is 1. The first-order valence-corrected chi connectivity index (χ1v) is 5.58. The van der Waals surface area contributed by atoms with Gasteiger partial charge in [-0.25, -0.2) is 0 Å². The van der Waals surface area contributed by atoms with E-state index in [2.05, 4.69) is 43.0 Å². The van der Waals surface area contributed by atoms with Crippen molar-refractivity contribution in [2.24, 2.45) is 0 Å². The molecule has 1 aromatic rings. The Labute approximate surface area is 86.7 Å². The van der Waals surface area contributed by atoms with E-state index in [1.54, 1.807) is 0 Å². The molecule has 0 aromatic heterocycles. The lowest BCUT2D eigenvalue weighted by Gasteiger charge is -2.13. The second-order valence-electron chi connectivity index (χ2n) is 4.29. The van der Waals surface area contributed by atoms with Crippen LogP contribution in [0.5, 0.6) is 0 Å². The van der Waals surface area contributed by atoms with Gasteiger partial charge in [0.25, 0.3) is 0 Å². The van der Waals surface area contributed by atoms with E-state index in [9.17, 15) is 0 Å². The maximum absolute atomic E-state index is 2.53. The van der Waals surface area contributed by atoms with Gasteiger partial charge in [0, 0.05) is 6.54 Å². The van der Waals surface area contributed by atoms with Crippen molar-refractivity contribution in [1.82, 2.24) is 4.90 Å². The lowest BCUT2D eigenvalue weighted by molar-refractivity contribution is 0.354. The lowest BCUT2D eigenvalue weighted by atomic mass is 9.97. The number of nitrogens with zero attached hydrogens (tertiary/aromatic N) is 1. The molecule has 1 aromatic carbocycles. The Bertz CT molecular complexity index is 306. The van der Waals surface area contributed by atoms with Crippen LogP contribution in [0, 0.1) is 6.92 Å². The molecular weight excluding hydrogens is 170 g/mol. The molecule has 1 heteroatoms. The van der Waals surface area contributed by atoms with E-state index in [-0.39, 0.29) is 0 Å². The van der Waals surface area contributed by atoms with Crippen molar-refractivity contribution in [3.63, 3.8) is 0 Å². The van der Waals surface area contributed by atoms with Gasteiger partial charge in [-0.3, -0.25) is 0 Å². The van der Waals surface area contributed by atoms with Crippen molar-refractivity contribution < 1.29 is 0 Å². The second kappa shape index (κ2) is 4.14. The molecule has 0 aliphatic carbocycles. The summed E-state index contributed by atoms with van der Waals surface area (Å²) in [6.07, 6.45) is 1.33. The molecule has 76 valence electrons. The molecule has 1 fully saturated rings. The first-order valence-electron chi connectivity index (χ1n) is 5.58. The van der Waals surface area contributed by atoms with Crippen LogP contribution < -0.4 is 0 Å². The van der Waals surface area contributed by atoms with Crippen molar-refractivity contribution >= 4 is 0 Å². The standard InChI is InChI=1S/C13H19N/c1-3-14-8-7-13(10-14)12-6-4-5-11(2)9-12/h4-6,9,13H,3,7-8,10H2,1-2H3. The fourth-order valence-electron chi connectivity index (χ4n) is 2.32. The van der Waals surface area contributed by atoms with Crippen LogP contribution in [0.4, 0.5) is 0 Å². The van der Waals surface area contributed by atoms with Crippen molar-refractivity contribution in [2.45, 2.75) is 26.2 Å². The van der Waals surface area contributed by atoms with Crippen molar-refractivity contribution in [3.8, 4) is 0 Å². The predicted molar refractivity (Wildman–Crippen MR) is 60.7 cm³/mol. The molecule has 1 aliphatic rings. The normalized spacial score (nSPS) is 22.9. The monoisotopic (exact) mass is 189 g/mol. The Morgan fingerprint density at radius 1 is 1.43 bits per heavy atom. The third-order valence-corrected chi connectivity index (χ3v) is 3.23. The van der Waals surface area contributed by atoms with E-state index in [0.29, 0.717) is 0 Å². The zero-order valence-corrected chi connectivity index (χ0v) is 9.16. The number of hydrogen-bond donors (Lipinski definition) is 0. The molecule has 2 rings (SSSR count). The van der Waals surface area contributed by atoms with Gasteiger partial charge < -0.3 is 4.90 Å². The number of likely N-dealkylation sites (tertiary alicyclic amines) is 1. The van der Waals surface area contributed by atoms with Gasteiger partial charge in [-0.2, -0.15) is 0 Å². The van der Waals surface area contributed by atoms with Crippen LogP contribution >= 0.6 is 0 Å². The first-order chi connectivity index (χ1) is 6.79. The summed E-state index contributed by atoms with van der Waals surface area (Å²) in [5, 5.41) is 0. The number of hydrogen-bond acceptors (Lipinski definition) is 1. The van der Waals surface area contributed by atoms with Crippen LogP contribution in [-0.2, 0) is 0 Å². The molecule has 0 saturated carbocycles. The van der Waals surface area contributed by atoms with Crippen LogP contribution in [0.3, 0.4) is 0 Å². The minimum Gasteiger partial charge on any atom is -0.303 e. The van der Waals surface area contributed by atoms with Crippen LogP contribution in [0.2, 0.25) is 0 Å². The average Bonchev–Trinajstić information content (AvgIpc) is 2.66. The lowest BCUT2D eigenvalue weighted by Crippen LogP contribution is -2.19. The van der Waals surface area contributed by atoms with E-state index < -0.39 is 0 Å². The van der Waals surface area contributed by atoms with E-state index >= 15 is 0 Å². The van der Waals surface area contributed by atoms with Crippen molar-refractivity contribution in [1.29, 1.82) is 0 Å². The molecule has 0 N–H and O–H groups in total. The molecule has 1 aliphatic heterocycles. The molecule has 0 amide bonds. The van der Waals surface area contributed by atoms with E-state index in [0.717, 1.165) is 5.92 Å². The molecule has 0 radical (unpaired) electrons. The van der Waals surface area contributed by atoms with Crippen molar-refractivity contribution in [3.05, 3.63) is 35.4 Å². The van der Waals surface area contributed by atoms with Crippen LogP contribution in [-0.4, -0.2) is 24.5 Å². The van der Waals surface area contributed by atoms with Gasteiger partial charge in [-0.05, 0) is 37.9 Å². The van der Waals surface area contributed by atoms with Crippen LogP contribution in [0.1, 0.15) is 30.4 Å². The SMILES string of the molecule is CCN1CCC(c2cccc(C)c2)C1. The summed E-state index contributed by atoms with van der Waals surface area (Å²) >= 11 is 0. The maximum Gasteiger partial charge on any atom is 0.00506 e. The zero-order valence-electron chi connectivity index (χ0n) is 9.16. The predicted octanol–water partition coefficient (Wildman–Crippen LogP) is 2.80. The largest absolute Gasteiger partial charge is 0.303 e. The highest BCUT2D eigenvalue weighted by Crippen LogP contribution is 2.27. The Hall–Kier alpha value is -0.820. The number of rotatable bonds is 2. The van der Waals surface area contributed by atoms with Gasteiger partial charge in [0.2, 0.25) is 0 Å². The fraction of sp³-hybridized carbons (Fsp3) is 0.538. The topological polar surface area (TPSA) is 3.24 Å². The summed E-state index contributed by atoms with van der Waals surface area (Å²) in [5.74, 6) is 0.773. The van der Waals surface area contributed by atoms with Gasteiger partial charge >= 0.3 is 0 Å². The van der Waals surface area contributed by atoms with Crippen LogP contribution in [0.25, 0.3) is 0 Å². The first kappa shape index (κ1) is 9.72. The van der Waals surface area contributed by atoms with E-state index in [1.165, 1.54) is 37.2 Å². The molecule has 0 spiro atoms. The summed E-state index contributed by atoms with van der Waals surface area (Å²) in [6, 6.07) is 8.97. The average molecular weight is 189 g/mol. The third kappa shape index (κ3) is 1.98. The third-order valence-electron chi connectivity index (χ3n) is 3.23. The molecule has 1 unspecified atom stereocenters. The highest BCUT2D eigenvalue weighted by atomic mass is 15.1. The molecule has 1 atom stereocenters. The molecule has 14 heavy (non-hydrogen) atoms. The van der Waals surface area contributed by atoms with Gasteiger partial charge in [0.15, 0.2) is 0 Å².